The number of rotatable bonds is 5. The Bertz CT molecular complexity index is 906. The van der Waals surface area contributed by atoms with Gasteiger partial charge in [-0.25, -0.2) is 9.97 Å². The number of nitrogens with one attached hydrogen (secondary N) is 1. The largest absolute Gasteiger partial charge is 0.369 e. The van der Waals surface area contributed by atoms with Gasteiger partial charge in [0.05, 0.1) is 5.52 Å². The van der Waals surface area contributed by atoms with Crippen LogP contribution in [-0.2, 0) is 4.79 Å². The van der Waals surface area contributed by atoms with Gasteiger partial charge in [-0.3, -0.25) is 9.78 Å². The molecule has 1 saturated heterocycles. The van der Waals surface area contributed by atoms with Gasteiger partial charge < -0.3 is 10.2 Å². The molecule has 0 radical (unpaired) electrons. The molecule has 6 nitrogen and oxygen atoms in total. The standard InChI is InChI=1S/C20H21N5O/c26-18(25-12-3-4-13-25)9-11-22-20-16-7-1-2-8-17(16)23-19(24-20)15-6-5-10-21-14-15/h1-2,5-8,10,14H,3-4,9,11-13H2,(H,22,23,24). The maximum absolute atomic E-state index is 12.2. The molecule has 4 rings (SSSR count). The Morgan fingerprint density at radius 2 is 1.92 bits per heavy atom. The Labute approximate surface area is 152 Å². The summed E-state index contributed by atoms with van der Waals surface area (Å²) in [5.74, 6) is 1.59. The van der Waals surface area contributed by atoms with Gasteiger partial charge in [0, 0.05) is 49.4 Å². The van der Waals surface area contributed by atoms with Gasteiger partial charge in [-0.05, 0) is 37.1 Å². The molecule has 26 heavy (non-hydrogen) atoms. The number of fused-ring (bicyclic) bond motifs is 1. The number of hydrogen-bond acceptors (Lipinski definition) is 5. The molecule has 0 aliphatic carbocycles. The number of nitrogens with zero attached hydrogens (tertiary/aromatic N) is 4. The van der Waals surface area contributed by atoms with E-state index in [1.165, 1.54) is 0 Å². The van der Waals surface area contributed by atoms with Crippen molar-refractivity contribution in [1.82, 2.24) is 19.9 Å². The molecule has 1 aliphatic rings. The molecular formula is C20H21N5O. The van der Waals surface area contributed by atoms with Crippen LogP contribution in [0.4, 0.5) is 5.82 Å². The van der Waals surface area contributed by atoms with Crippen LogP contribution in [0.5, 0.6) is 0 Å². The summed E-state index contributed by atoms with van der Waals surface area (Å²) in [5.41, 5.74) is 1.74. The van der Waals surface area contributed by atoms with Crippen molar-refractivity contribution >= 4 is 22.6 Å². The van der Waals surface area contributed by atoms with E-state index in [1.807, 2.05) is 41.3 Å². The van der Waals surface area contributed by atoms with Crippen molar-refractivity contribution in [3.05, 3.63) is 48.8 Å². The highest BCUT2D eigenvalue weighted by atomic mass is 16.2. The van der Waals surface area contributed by atoms with E-state index < -0.39 is 0 Å². The lowest BCUT2D eigenvalue weighted by Gasteiger charge is -2.16. The number of carbonyl (C=O) groups is 1. The first-order chi connectivity index (χ1) is 12.8. The van der Waals surface area contributed by atoms with Crippen molar-refractivity contribution in [2.24, 2.45) is 0 Å². The SMILES string of the molecule is O=C(CCNc1nc(-c2cccnc2)nc2ccccc12)N1CCCC1. The highest BCUT2D eigenvalue weighted by Crippen LogP contribution is 2.24. The van der Waals surface area contributed by atoms with Crippen LogP contribution in [0.2, 0.25) is 0 Å². The predicted octanol–water partition coefficient (Wildman–Crippen LogP) is 3.12. The number of pyridine rings is 1. The van der Waals surface area contributed by atoms with Gasteiger partial charge in [-0.2, -0.15) is 0 Å². The molecule has 0 unspecified atom stereocenters. The van der Waals surface area contributed by atoms with Crippen LogP contribution in [0.25, 0.3) is 22.3 Å². The number of amides is 1. The zero-order valence-electron chi connectivity index (χ0n) is 14.6. The van der Waals surface area contributed by atoms with E-state index in [1.54, 1.807) is 12.4 Å². The van der Waals surface area contributed by atoms with Gasteiger partial charge in [-0.1, -0.05) is 12.1 Å². The second kappa shape index (κ2) is 7.47. The number of benzene rings is 1. The molecule has 1 aliphatic heterocycles. The van der Waals surface area contributed by atoms with E-state index in [9.17, 15) is 4.79 Å². The first-order valence-corrected chi connectivity index (χ1v) is 9.00. The summed E-state index contributed by atoms with van der Waals surface area (Å²) in [5, 5.41) is 4.29. The minimum absolute atomic E-state index is 0.209. The highest BCUT2D eigenvalue weighted by molar-refractivity contribution is 5.90. The quantitative estimate of drug-likeness (QED) is 0.768. The van der Waals surface area contributed by atoms with Gasteiger partial charge in [0.15, 0.2) is 5.82 Å². The third-order valence-corrected chi connectivity index (χ3v) is 4.61. The van der Waals surface area contributed by atoms with Crippen LogP contribution in [0.15, 0.2) is 48.8 Å². The molecule has 0 atom stereocenters. The van der Waals surface area contributed by atoms with Crippen LogP contribution in [0.1, 0.15) is 19.3 Å². The van der Waals surface area contributed by atoms with E-state index in [4.69, 9.17) is 0 Å². The maximum atomic E-state index is 12.2. The number of carbonyl (C=O) groups excluding carboxylic acids is 1. The first-order valence-electron chi connectivity index (χ1n) is 9.00. The van der Waals surface area contributed by atoms with E-state index in [2.05, 4.69) is 20.3 Å². The Kier molecular flexibility index (Phi) is 4.73. The van der Waals surface area contributed by atoms with Crippen molar-refractivity contribution in [3.8, 4) is 11.4 Å². The number of para-hydroxylation sites is 1. The maximum Gasteiger partial charge on any atom is 0.224 e. The topological polar surface area (TPSA) is 71.0 Å². The van der Waals surface area contributed by atoms with Crippen molar-refractivity contribution in [2.45, 2.75) is 19.3 Å². The predicted molar refractivity (Wildman–Crippen MR) is 102 cm³/mol. The summed E-state index contributed by atoms with van der Waals surface area (Å²) < 4.78 is 0. The zero-order chi connectivity index (χ0) is 17.8. The van der Waals surface area contributed by atoms with Crippen molar-refractivity contribution in [3.63, 3.8) is 0 Å². The highest BCUT2D eigenvalue weighted by Gasteiger charge is 2.17. The van der Waals surface area contributed by atoms with Crippen molar-refractivity contribution in [1.29, 1.82) is 0 Å². The molecule has 0 spiro atoms. The third-order valence-electron chi connectivity index (χ3n) is 4.61. The molecule has 6 heteroatoms. The number of anilines is 1. The fourth-order valence-electron chi connectivity index (χ4n) is 3.25. The van der Waals surface area contributed by atoms with Gasteiger partial charge in [0.25, 0.3) is 0 Å². The molecule has 3 aromatic rings. The van der Waals surface area contributed by atoms with Crippen LogP contribution < -0.4 is 5.32 Å². The van der Waals surface area contributed by atoms with E-state index in [0.29, 0.717) is 18.8 Å². The molecule has 3 heterocycles. The summed E-state index contributed by atoms with van der Waals surface area (Å²) in [6, 6.07) is 11.7. The average Bonchev–Trinajstić information content (AvgIpc) is 3.23. The minimum atomic E-state index is 0.209. The van der Waals surface area contributed by atoms with E-state index >= 15 is 0 Å². The Hall–Kier alpha value is -3.02. The average molecular weight is 347 g/mol. The number of aromatic nitrogens is 3. The zero-order valence-corrected chi connectivity index (χ0v) is 14.6. The molecular weight excluding hydrogens is 326 g/mol. The monoisotopic (exact) mass is 347 g/mol. The Balaban J connectivity index is 1.56. The normalized spacial score (nSPS) is 13.9. The minimum Gasteiger partial charge on any atom is -0.369 e. The number of likely N-dealkylation sites (tertiary alicyclic amines) is 1. The first kappa shape index (κ1) is 16.4. The van der Waals surface area contributed by atoms with E-state index in [0.717, 1.165) is 48.2 Å². The lowest BCUT2D eigenvalue weighted by Crippen LogP contribution is -2.29. The van der Waals surface area contributed by atoms with Crippen molar-refractivity contribution < 1.29 is 4.79 Å². The molecule has 2 aromatic heterocycles. The third kappa shape index (κ3) is 3.49. The molecule has 0 bridgehead atoms. The molecule has 1 N–H and O–H groups in total. The van der Waals surface area contributed by atoms with Crippen LogP contribution >= 0.6 is 0 Å². The Morgan fingerprint density at radius 3 is 2.73 bits per heavy atom. The summed E-state index contributed by atoms with van der Waals surface area (Å²) in [7, 11) is 0. The van der Waals surface area contributed by atoms with Crippen LogP contribution in [0, 0.1) is 0 Å². The summed E-state index contributed by atoms with van der Waals surface area (Å²) in [6.07, 6.45) is 6.19. The second-order valence-electron chi connectivity index (χ2n) is 6.42. The van der Waals surface area contributed by atoms with Crippen molar-refractivity contribution in [2.75, 3.05) is 25.0 Å². The lowest BCUT2D eigenvalue weighted by atomic mass is 10.2. The van der Waals surface area contributed by atoms with E-state index in [-0.39, 0.29) is 5.91 Å². The van der Waals surface area contributed by atoms with Gasteiger partial charge >= 0.3 is 0 Å². The van der Waals surface area contributed by atoms with Gasteiger partial charge in [-0.15, -0.1) is 0 Å². The van der Waals surface area contributed by atoms with Gasteiger partial charge in [0.1, 0.15) is 5.82 Å². The molecule has 0 saturated carbocycles. The second-order valence-corrected chi connectivity index (χ2v) is 6.42. The number of hydrogen-bond donors (Lipinski definition) is 1. The molecule has 1 amide bonds. The Morgan fingerprint density at radius 1 is 1.08 bits per heavy atom. The molecule has 1 aromatic carbocycles. The van der Waals surface area contributed by atoms with Gasteiger partial charge in [0.2, 0.25) is 5.91 Å². The molecule has 132 valence electrons. The summed E-state index contributed by atoms with van der Waals surface area (Å²) >= 11 is 0. The smallest absolute Gasteiger partial charge is 0.224 e. The van der Waals surface area contributed by atoms with Crippen LogP contribution in [0.3, 0.4) is 0 Å². The fraction of sp³-hybridized carbons (Fsp3) is 0.300. The lowest BCUT2D eigenvalue weighted by molar-refractivity contribution is -0.129. The summed E-state index contributed by atoms with van der Waals surface area (Å²) in [4.78, 5) is 27.7. The molecule has 1 fully saturated rings. The van der Waals surface area contributed by atoms with Crippen LogP contribution in [-0.4, -0.2) is 45.4 Å². The fourth-order valence-corrected chi connectivity index (χ4v) is 3.25. The summed E-state index contributed by atoms with van der Waals surface area (Å²) in [6.45, 7) is 2.34.